The Balaban J connectivity index is 2.24. The van der Waals surface area contributed by atoms with Crippen molar-refractivity contribution in [2.45, 2.75) is 11.1 Å². The van der Waals surface area contributed by atoms with Gasteiger partial charge in [-0.2, -0.15) is 0 Å². The third-order valence-electron chi connectivity index (χ3n) is 0.853. The molecule has 8 heavy (non-hydrogen) atoms. The maximum atomic E-state index is 5.40. The lowest BCUT2D eigenvalue weighted by Crippen LogP contribution is -2.15. The fraction of sp³-hybridized carbons (Fsp3) is 1.00. The van der Waals surface area contributed by atoms with Gasteiger partial charge in [-0.3, -0.25) is 0 Å². The van der Waals surface area contributed by atoms with Crippen molar-refractivity contribution in [1.82, 2.24) is 0 Å². The molecule has 48 valence electrons. The summed E-state index contributed by atoms with van der Waals surface area (Å²) in [5, 5.41) is 0. The average Bonchev–Trinajstić information content (AvgIpc) is 2.12. The van der Waals surface area contributed by atoms with Gasteiger partial charge in [-0.05, 0) is 0 Å². The smallest absolute Gasteiger partial charge is 0.187 e. The van der Waals surface area contributed by atoms with Gasteiger partial charge in [-0.1, -0.05) is 23.2 Å². The summed E-state index contributed by atoms with van der Waals surface area (Å²) in [5.74, 6) is 0. The van der Waals surface area contributed by atoms with Gasteiger partial charge in [0.1, 0.15) is 0 Å². The van der Waals surface area contributed by atoms with Gasteiger partial charge in [0, 0.05) is 0 Å². The second-order valence-electron chi connectivity index (χ2n) is 1.44. The molecule has 0 amide bonds. The number of halogens is 2. The zero-order valence-electron chi connectivity index (χ0n) is 4.14. The second-order valence-corrected chi connectivity index (χ2v) is 2.61. The topological polar surface area (TPSA) is 18.5 Å². The molecule has 1 heterocycles. The number of hydrogen-bond acceptors (Lipinski definition) is 2. The predicted octanol–water partition coefficient (Wildman–Crippen LogP) is 1.16. The van der Waals surface area contributed by atoms with Gasteiger partial charge in [0.2, 0.25) is 0 Å². The third-order valence-corrected chi connectivity index (χ3v) is 1.26. The van der Waals surface area contributed by atoms with Crippen LogP contribution in [0.25, 0.3) is 0 Å². The molecule has 0 bridgehead atoms. The summed E-state index contributed by atoms with van der Waals surface area (Å²) >= 11 is 10.8. The van der Waals surface area contributed by atoms with E-state index < -0.39 is 11.1 Å². The maximum Gasteiger partial charge on any atom is 0.187 e. The molecule has 0 aliphatic carbocycles. The van der Waals surface area contributed by atoms with Crippen LogP contribution in [0.15, 0.2) is 0 Å². The lowest BCUT2D eigenvalue weighted by molar-refractivity contribution is -0.0299. The minimum Gasteiger partial charge on any atom is -0.347 e. The Morgan fingerprint density at radius 1 is 1.25 bits per heavy atom. The summed E-state index contributed by atoms with van der Waals surface area (Å²) in [6, 6.07) is 0. The molecule has 0 saturated carbocycles. The van der Waals surface area contributed by atoms with Gasteiger partial charge < -0.3 is 9.47 Å². The first kappa shape index (κ1) is 6.62. The largest absolute Gasteiger partial charge is 0.347 e. The van der Waals surface area contributed by atoms with Crippen LogP contribution in [-0.2, 0) is 9.47 Å². The van der Waals surface area contributed by atoms with E-state index in [1.807, 2.05) is 0 Å². The third kappa shape index (κ3) is 1.49. The Kier molecular flexibility index (Phi) is 2.38. The first-order valence-electron chi connectivity index (χ1n) is 2.32. The normalized spacial score (nSPS) is 22.9. The molecule has 1 rings (SSSR count). The van der Waals surface area contributed by atoms with Crippen molar-refractivity contribution in [3.63, 3.8) is 0 Å². The molecule has 1 fully saturated rings. The van der Waals surface area contributed by atoms with Crippen molar-refractivity contribution in [3.8, 4) is 0 Å². The van der Waals surface area contributed by atoms with Gasteiger partial charge in [0.15, 0.2) is 11.1 Å². The number of ether oxygens (including phenoxy) is 2. The summed E-state index contributed by atoms with van der Waals surface area (Å²) in [7, 11) is 0. The van der Waals surface area contributed by atoms with Gasteiger partial charge in [-0.15, -0.1) is 0 Å². The van der Waals surface area contributed by atoms with E-state index in [0.717, 1.165) is 0 Å². The highest BCUT2D eigenvalue weighted by Gasteiger charge is 2.22. The minimum atomic E-state index is -0.558. The molecule has 1 aliphatic heterocycles. The maximum absolute atomic E-state index is 5.40. The van der Waals surface area contributed by atoms with E-state index >= 15 is 0 Å². The summed E-state index contributed by atoms with van der Waals surface area (Å²) in [5.41, 5.74) is 0. The first-order chi connectivity index (χ1) is 3.80. The van der Waals surface area contributed by atoms with Crippen molar-refractivity contribution in [2.24, 2.45) is 0 Å². The lowest BCUT2D eigenvalue weighted by Gasteiger charge is -2.07. The quantitative estimate of drug-likeness (QED) is 0.531. The fourth-order valence-electron chi connectivity index (χ4n) is 0.522. The van der Waals surface area contributed by atoms with Crippen molar-refractivity contribution >= 4 is 23.2 Å². The minimum absolute atomic E-state index is 0.404. The van der Waals surface area contributed by atoms with E-state index in [2.05, 4.69) is 0 Å². The molecule has 0 aromatic heterocycles. The Hall–Kier alpha value is 0.500. The molecule has 0 aromatic carbocycles. The molecule has 0 unspecified atom stereocenters. The average molecular weight is 157 g/mol. The van der Waals surface area contributed by atoms with E-state index in [1.54, 1.807) is 0 Å². The van der Waals surface area contributed by atoms with Crippen molar-refractivity contribution in [1.29, 1.82) is 0 Å². The molecule has 0 atom stereocenters. The van der Waals surface area contributed by atoms with Crippen LogP contribution in [0.1, 0.15) is 0 Å². The Labute approximate surface area is 57.7 Å². The molecule has 0 spiro atoms. The van der Waals surface area contributed by atoms with Gasteiger partial charge in [-0.25, -0.2) is 0 Å². The molecule has 1 aliphatic rings. The molecule has 0 aromatic rings. The Morgan fingerprint density at radius 2 is 1.75 bits per heavy atom. The molecule has 0 radical (unpaired) electrons. The van der Waals surface area contributed by atoms with Gasteiger partial charge >= 0.3 is 0 Å². The molecule has 1 saturated heterocycles. The van der Waals surface area contributed by atoms with E-state index in [-0.39, 0.29) is 0 Å². The van der Waals surface area contributed by atoms with Crippen LogP contribution in [0, 0.1) is 0 Å². The SMILES string of the molecule is ClC(Cl)C1OCCO1. The van der Waals surface area contributed by atoms with Gasteiger partial charge in [0.05, 0.1) is 13.2 Å². The van der Waals surface area contributed by atoms with Crippen LogP contribution in [-0.4, -0.2) is 24.3 Å². The van der Waals surface area contributed by atoms with Crippen LogP contribution in [0.4, 0.5) is 0 Å². The highest BCUT2D eigenvalue weighted by molar-refractivity contribution is 6.44. The van der Waals surface area contributed by atoms with Crippen LogP contribution < -0.4 is 0 Å². The van der Waals surface area contributed by atoms with Crippen molar-refractivity contribution < 1.29 is 9.47 Å². The summed E-state index contributed by atoms with van der Waals surface area (Å²) in [4.78, 5) is -0.558. The first-order valence-corrected chi connectivity index (χ1v) is 3.19. The van der Waals surface area contributed by atoms with Gasteiger partial charge in [0.25, 0.3) is 0 Å². The van der Waals surface area contributed by atoms with Crippen LogP contribution in [0.5, 0.6) is 0 Å². The monoisotopic (exact) mass is 156 g/mol. The van der Waals surface area contributed by atoms with E-state index in [1.165, 1.54) is 0 Å². The highest BCUT2D eigenvalue weighted by atomic mass is 35.5. The highest BCUT2D eigenvalue weighted by Crippen LogP contribution is 2.16. The standard InChI is InChI=1S/C4H6Cl2O2/c5-3(6)4-7-1-2-8-4/h3-4H,1-2H2. The Bertz CT molecular complexity index is 70.4. The molecule has 0 N–H and O–H groups in total. The number of hydrogen-bond donors (Lipinski definition) is 0. The molecule has 2 nitrogen and oxygen atoms in total. The fourth-order valence-corrected chi connectivity index (χ4v) is 0.813. The second kappa shape index (κ2) is 2.87. The predicted molar refractivity (Wildman–Crippen MR) is 31.2 cm³/mol. The lowest BCUT2D eigenvalue weighted by atomic mass is 10.7. The summed E-state index contributed by atoms with van der Waals surface area (Å²) in [6.45, 7) is 1.20. The van der Waals surface area contributed by atoms with Crippen molar-refractivity contribution in [3.05, 3.63) is 0 Å². The molecular formula is C4H6Cl2O2. The zero-order valence-corrected chi connectivity index (χ0v) is 5.65. The van der Waals surface area contributed by atoms with Crippen LogP contribution in [0.2, 0.25) is 0 Å². The Morgan fingerprint density at radius 3 is 2.00 bits per heavy atom. The molecular weight excluding hydrogens is 151 g/mol. The molecule has 4 heteroatoms. The van der Waals surface area contributed by atoms with Crippen LogP contribution >= 0.6 is 23.2 Å². The number of alkyl halides is 2. The van der Waals surface area contributed by atoms with Crippen LogP contribution in [0.3, 0.4) is 0 Å². The summed E-state index contributed by atoms with van der Waals surface area (Å²) < 4.78 is 9.86. The van der Waals surface area contributed by atoms with E-state index in [0.29, 0.717) is 13.2 Å². The van der Waals surface area contributed by atoms with Crippen molar-refractivity contribution in [2.75, 3.05) is 13.2 Å². The number of rotatable bonds is 1. The zero-order chi connectivity index (χ0) is 5.98. The van der Waals surface area contributed by atoms with E-state index in [4.69, 9.17) is 32.7 Å². The van der Waals surface area contributed by atoms with E-state index in [9.17, 15) is 0 Å². The summed E-state index contributed by atoms with van der Waals surface area (Å²) in [6.07, 6.45) is -0.404.